The summed E-state index contributed by atoms with van der Waals surface area (Å²) in [5, 5.41) is 8.09. The third-order valence-corrected chi connectivity index (χ3v) is 3.89. The number of aromatic nitrogens is 2. The minimum atomic E-state index is 0.0878. The predicted molar refractivity (Wildman–Crippen MR) is 56.4 cm³/mol. The first-order chi connectivity index (χ1) is 6.74. The molecule has 0 spiro atoms. The van der Waals surface area contributed by atoms with Crippen molar-refractivity contribution in [3.63, 3.8) is 0 Å². The van der Waals surface area contributed by atoms with Gasteiger partial charge in [0.15, 0.2) is 0 Å². The van der Waals surface area contributed by atoms with Gasteiger partial charge in [0.05, 0.1) is 5.41 Å². The lowest BCUT2D eigenvalue weighted by Crippen LogP contribution is -2.21. The Morgan fingerprint density at radius 2 is 2.43 bits per heavy atom. The molecule has 0 bridgehead atoms. The molecule has 5 heteroatoms. The molecule has 1 saturated heterocycles. The van der Waals surface area contributed by atoms with Crippen LogP contribution in [-0.2, 0) is 11.8 Å². The highest BCUT2D eigenvalue weighted by atomic mass is 32.2. The summed E-state index contributed by atoms with van der Waals surface area (Å²) in [5.41, 5.74) is 5.51. The van der Waals surface area contributed by atoms with E-state index in [4.69, 9.17) is 10.2 Å². The summed E-state index contributed by atoms with van der Waals surface area (Å²) in [6.07, 6.45) is 1.80. The number of hydrogen-bond donors (Lipinski definition) is 1. The molecular weight excluding hydrogens is 198 g/mol. The van der Waals surface area contributed by atoms with Crippen LogP contribution in [0.15, 0.2) is 4.42 Å². The summed E-state index contributed by atoms with van der Waals surface area (Å²) >= 11 is 1.95. The molecule has 0 aromatic carbocycles. The van der Waals surface area contributed by atoms with Gasteiger partial charge in [-0.1, -0.05) is 0 Å². The summed E-state index contributed by atoms with van der Waals surface area (Å²) < 4.78 is 5.60. The minimum absolute atomic E-state index is 0.0878. The topological polar surface area (TPSA) is 64.9 Å². The predicted octanol–water partition coefficient (Wildman–Crippen LogP) is 0.965. The van der Waals surface area contributed by atoms with E-state index in [1.807, 2.05) is 11.8 Å². The Labute approximate surface area is 87.6 Å². The number of nitrogens with two attached hydrogens (primary N) is 1. The molecule has 0 radical (unpaired) electrons. The second-order valence-corrected chi connectivity index (χ2v) is 5.01. The van der Waals surface area contributed by atoms with Gasteiger partial charge in [-0.3, -0.25) is 0 Å². The Bertz CT molecular complexity index is 307. The fourth-order valence-corrected chi connectivity index (χ4v) is 3.02. The van der Waals surface area contributed by atoms with E-state index in [9.17, 15) is 0 Å². The Balaban J connectivity index is 2.15. The zero-order chi connectivity index (χ0) is 10.0. The lowest BCUT2D eigenvalue weighted by atomic mass is 9.90. The van der Waals surface area contributed by atoms with Crippen molar-refractivity contribution in [2.75, 3.05) is 18.1 Å². The summed E-state index contributed by atoms with van der Waals surface area (Å²) in [6, 6.07) is 0. The Morgan fingerprint density at radius 3 is 3.07 bits per heavy atom. The average Bonchev–Trinajstić information content (AvgIpc) is 2.75. The molecule has 1 aromatic heterocycles. The quantitative estimate of drug-likeness (QED) is 0.810. The van der Waals surface area contributed by atoms with E-state index in [0.717, 1.165) is 18.1 Å². The first-order valence-corrected chi connectivity index (χ1v) is 6.01. The molecule has 14 heavy (non-hydrogen) atoms. The molecule has 1 aromatic rings. The van der Waals surface area contributed by atoms with Crippen LogP contribution in [0.1, 0.15) is 25.1 Å². The first-order valence-electron chi connectivity index (χ1n) is 4.85. The van der Waals surface area contributed by atoms with E-state index in [1.165, 1.54) is 5.75 Å². The third kappa shape index (κ3) is 1.79. The van der Waals surface area contributed by atoms with Crippen LogP contribution in [0.3, 0.4) is 0 Å². The second kappa shape index (κ2) is 3.90. The normalized spacial score (nSPS) is 27.0. The highest BCUT2D eigenvalue weighted by Crippen LogP contribution is 2.37. The van der Waals surface area contributed by atoms with Crippen LogP contribution in [-0.4, -0.2) is 28.2 Å². The fraction of sp³-hybridized carbons (Fsp3) is 0.778. The maximum absolute atomic E-state index is 5.60. The summed E-state index contributed by atoms with van der Waals surface area (Å²) in [7, 11) is 0. The van der Waals surface area contributed by atoms with E-state index in [0.29, 0.717) is 18.9 Å². The molecule has 2 N–H and O–H groups in total. The molecule has 1 aliphatic rings. The smallest absolute Gasteiger partial charge is 0.223 e. The molecule has 1 fully saturated rings. The van der Waals surface area contributed by atoms with Crippen molar-refractivity contribution >= 4 is 11.8 Å². The average molecular weight is 213 g/mol. The van der Waals surface area contributed by atoms with Gasteiger partial charge in [0.2, 0.25) is 11.8 Å². The van der Waals surface area contributed by atoms with Crippen molar-refractivity contribution in [2.24, 2.45) is 5.73 Å². The van der Waals surface area contributed by atoms with E-state index in [1.54, 1.807) is 0 Å². The van der Waals surface area contributed by atoms with Gasteiger partial charge in [-0.25, -0.2) is 0 Å². The van der Waals surface area contributed by atoms with Gasteiger partial charge in [0.1, 0.15) is 0 Å². The van der Waals surface area contributed by atoms with Gasteiger partial charge in [-0.15, -0.1) is 10.2 Å². The summed E-state index contributed by atoms with van der Waals surface area (Å²) in [6.45, 7) is 2.75. The van der Waals surface area contributed by atoms with Crippen LogP contribution in [0.4, 0.5) is 0 Å². The zero-order valence-electron chi connectivity index (χ0n) is 8.32. The molecule has 78 valence electrons. The Morgan fingerprint density at radius 1 is 1.57 bits per heavy atom. The molecule has 1 unspecified atom stereocenters. The summed E-state index contributed by atoms with van der Waals surface area (Å²) in [5.74, 6) is 3.72. The van der Waals surface area contributed by atoms with E-state index in [2.05, 4.69) is 17.1 Å². The first kappa shape index (κ1) is 9.98. The standard InChI is InChI=1S/C9H15N3OS/c1-9(3-5-14-6-9)8-12-11-7(13-8)2-4-10/h2-6,10H2,1H3. The van der Waals surface area contributed by atoms with Crippen LogP contribution in [0.5, 0.6) is 0 Å². The summed E-state index contributed by atoms with van der Waals surface area (Å²) in [4.78, 5) is 0. The molecule has 0 amide bonds. The fourth-order valence-electron chi connectivity index (χ4n) is 1.56. The van der Waals surface area contributed by atoms with Crippen molar-refractivity contribution in [2.45, 2.75) is 25.2 Å². The number of nitrogens with zero attached hydrogens (tertiary/aromatic N) is 2. The molecule has 2 rings (SSSR count). The maximum atomic E-state index is 5.60. The van der Waals surface area contributed by atoms with Crippen molar-refractivity contribution in [3.05, 3.63) is 11.8 Å². The minimum Gasteiger partial charge on any atom is -0.425 e. The molecule has 2 heterocycles. The van der Waals surface area contributed by atoms with Crippen molar-refractivity contribution in [1.29, 1.82) is 0 Å². The van der Waals surface area contributed by atoms with Crippen molar-refractivity contribution in [1.82, 2.24) is 10.2 Å². The van der Waals surface area contributed by atoms with Crippen molar-refractivity contribution < 1.29 is 4.42 Å². The van der Waals surface area contributed by atoms with E-state index < -0.39 is 0 Å². The highest BCUT2D eigenvalue weighted by molar-refractivity contribution is 7.99. The molecule has 1 aliphatic heterocycles. The largest absolute Gasteiger partial charge is 0.425 e. The molecule has 0 aliphatic carbocycles. The van der Waals surface area contributed by atoms with Gasteiger partial charge in [0.25, 0.3) is 0 Å². The van der Waals surface area contributed by atoms with Crippen LogP contribution >= 0.6 is 11.8 Å². The van der Waals surface area contributed by atoms with Crippen LogP contribution in [0.2, 0.25) is 0 Å². The van der Waals surface area contributed by atoms with Gasteiger partial charge in [-0.2, -0.15) is 11.8 Å². The molecular formula is C9H15N3OS. The Hall–Kier alpha value is -0.550. The zero-order valence-corrected chi connectivity index (χ0v) is 9.14. The molecule has 4 nitrogen and oxygen atoms in total. The third-order valence-electron chi connectivity index (χ3n) is 2.56. The van der Waals surface area contributed by atoms with Crippen LogP contribution in [0.25, 0.3) is 0 Å². The van der Waals surface area contributed by atoms with Crippen LogP contribution in [0, 0.1) is 0 Å². The monoisotopic (exact) mass is 213 g/mol. The van der Waals surface area contributed by atoms with Gasteiger partial charge >= 0.3 is 0 Å². The van der Waals surface area contributed by atoms with Crippen LogP contribution < -0.4 is 5.73 Å². The molecule has 0 saturated carbocycles. The van der Waals surface area contributed by atoms with Crippen molar-refractivity contribution in [3.8, 4) is 0 Å². The van der Waals surface area contributed by atoms with Gasteiger partial charge < -0.3 is 10.2 Å². The van der Waals surface area contributed by atoms with Gasteiger partial charge in [-0.05, 0) is 19.1 Å². The lowest BCUT2D eigenvalue weighted by molar-refractivity contribution is 0.358. The second-order valence-electron chi connectivity index (χ2n) is 3.90. The number of thioether (sulfide) groups is 1. The number of hydrogen-bond acceptors (Lipinski definition) is 5. The molecule has 1 atom stereocenters. The highest BCUT2D eigenvalue weighted by Gasteiger charge is 2.36. The van der Waals surface area contributed by atoms with E-state index >= 15 is 0 Å². The maximum Gasteiger partial charge on any atom is 0.223 e. The SMILES string of the molecule is CC1(c2nnc(CCN)o2)CCSC1. The Kier molecular flexibility index (Phi) is 2.78. The lowest BCUT2D eigenvalue weighted by Gasteiger charge is -2.16. The number of rotatable bonds is 3. The van der Waals surface area contributed by atoms with Gasteiger partial charge in [0, 0.05) is 18.7 Å². The van der Waals surface area contributed by atoms with E-state index in [-0.39, 0.29) is 5.41 Å².